The second kappa shape index (κ2) is 4.49. The lowest BCUT2D eigenvalue weighted by Gasteiger charge is -2.06. The van der Waals surface area contributed by atoms with Gasteiger partial charge in [0.2, 0.25) is 0 Å². The van der Waals surface area contributed by atoms with Crippen LogP contribution in [0.5, 0.6) is 0 Å². The SMILES string of the molecule is CCOC(=O)c1nccc2cccc(Cl)c12. The second-order valence-corrected chi connectivity index (χ2v) is 3.63. The van der Waals surface area contributed by atoms with Gasteiger partial charge in [0.25, 0.3) is 0 Å². The molecule has 2 rings (SSSR count). The van der Waals surface area contributed by atoms with Crippen LogP contribution in [-0.2, 0) is 4.74 Å². The largest absolute Gasteiger partial charge is 0.461 e. The lowest BCUT2D eigenvalue weighted by Crippen LogP contribution is -2.07. The van der Waals surface area contributed by atoms with Crippen molar-refractivity contribution in [2.24, 2.45) is 0 Å². The van der Waals surface area contributed by atoms with Crippen LogP contribution in [0.1, 0.15) is 17.4 Å². The lowest BCUT2D eigenvalue weighted by atomic mass is 10.1. The van der Waals surface area contributed by atoms with Gasteiger partial charge >= 0.3 is 5.97 Å². The molecule has 0 aliphatic rings. The summed E-state index contributed by atoms with van der Waals surface area (Å²) in [5.41, 5.74) is 0.268. The molecule has 0 atom stereocenters. The number of pyridine rings is 1. The predicted octanol–water partition coefficient (Wildman–Crippen LogP) is 3.06. The van der Waals surface area contributed by atoms with Crippen LogP contribution in [0.25, 0.3) is 10.8 Å². The van der Waals surface area contributed by atoms with Crippen molar-refractivity contribution in [2.75, 3.05) is 6.61 Å². The Bertz CT molecular complexity index is 534. The van der Waals surface area contributed by atoms with E-state index < -0.39 is 5.97 Å². The van der Waals surface area contributed by atoms with Crippen molar-refractivity contribution in [3.63, 3.8) is 0 Å². The number of aromatic nitrogens is 1. The Kier molecular flexibility index (Phi) is 3.06. The first-order valence-corrected chi connectivity index (χ1v) is 5.32. The number of carbonyl (C=O) groups is 1. The van der Waals surface area contributed by atoms with Gasteiger partial charge in [-0.15, -0.1) is 0 Å². The molecule has 0 unspecified atom stereocenters. The molecular weight excluding hydrogens is 226 g/mol. The van der Waals surface area contributed by atoms with Gasteiger partial charge in [-0.05, 0) is 24.4 Å². The number of carbonyl (C=O) groups excluding carboxylic acids is 1. The zero-order valence-corrected chi connectivity index (χ0v) is 9.49. The number of rotatable bonds is 2. The predicted molar refractivity (Wildman–Crippen MR) is 62.7 cm³/mol. The molecule has 0 saturated carbocycles. The monoisotopic (exact) mass is 235 g/mol. The molecule has 1 aromatic heterocycles. The van der Waals surface area contributed by atoms with Crippen molar-refractivity contribution < 1.29 is 9.53 Å². The number of benzene rings is 1. The molecule has 0 aliphatic heterocycles. The zero-order valence-electron chi connectivity index (χ0n) is 8.74. The summed E-state index contributed by atoms with van der Waals surface area (Å²) in [6.07, 6.45) is 1.57. The third kappa shape index (κ3) is 1.86. The first-order chi connectivity index (χ1) is 7.74. The fraction of sp³-hybridized carbons (Fsp3) is 0.167. The molecule has 0 spiro atoms. The van der Waals surface area contributed by atoms with Gasteiger partial charge in [0.1, 0.15) is 0 Å². The van der Waals surface area contributed by atoms with Gasteiger partial charge in [-0.1, -0.05) is 23.7 Å². The Balaban J connectivity index is 2.65. The van der Waals surface area contributed by atoms with Gasteiger partial charge in [0, 0.05) is 11.6 Å². The minimum absolute atomic E-state index is 0.268. The number of hydrogen-bond donors (Lipinski definition) is 0. The third-order valence-electron chi connectivity index (χ3n) is 2.21. The Hall–Kier alpha value is -1.61. The molecule has 0 fully saturated rings. The van der Waals surface area contributed by atoms with E-state index in [1.54, 1.807) is 19.2 Å². The molecule has 0 radical (unpaired) electrons. The Morgan fingerprint density at radius 2 is 2.25 bits per heavy atom. The van der Waals surface area contributed by atoms with Gasteiger partial charge in [-0.2, -0.15) is 0 Å². The van der Waals surface area contributed by atoms with Crippen LogP contribution < -0.4 is 0 Å². The summed E-state index contributed by atoms with van der Waals surface area (Å²) in [6.45, 7) is 2.08. The number of halogens is 1. The van der Waals surface area contributed by atoms with Crippen molar-refractivity contribution in [3.05, 3.63) is 41.2 Å². The Labute approximate surface area is 98.0 Å². The van der Waals surface area contributed by atoms with Gasteiger partial charge in [-0.25, -0.2) is 9.78 Å². The van der Waals surface area contributed by atoms with E-state index >= 15 is 0 Å². The second-order valence-electron chi connectivity index (χ2n) is 3.22. The van der Waals surface area contributed by atoms with Crippen LogP contribution in [0.2, 0.25) is 5.02 Å². The van der Waals surface area contributed by atoms with E-state index in [1.165, 1.54) is 0 Å². The zero-order chi connectivity index (χ0) is 11.5. The lowest BCUT2D eigenvalue weighted by molar-refractivity contribution is 0.0522. The van der Waals surface area contributed by atoms with Gasteiger partial charge in [0.05, 0.1) is 11.6 Å². The van der Waals surface area contributed by atoms with Crippen LogP contribution in [-0.4, -0.2) is 17.6 Å². The van der Waals surface area contributed by atoms with E-state index in [2.05, 4.69) is 4.98 Å². The van der Waals surface area contributed by atoms with Crippen molar-refractivity contribution in [3.8, 4) is 0 Å². The van der Waals surface area contributed by atoms with E-state index in [-0.39, 0.29) is 5.69 Å². The quantitative estimate of drug-likeness (QED) is 0.751. The molecule has 0 bridgehead atoms. The van der Waals surface area contributed by atoms with E-state index in [0.717, 1.165) is 5.39 Å². The van der Waals surface area contributed by atoms with E-state index in [1.807, 2.05) is 18.2 Å². The highest BCUT2D eigenvalue weighted by Crippen LogP contribution is 2.25. The maximum atomic E-state index is 11.7. The topological polar surface area (TPSA) is 39.2 Å². The summed E-state index contributed by atoms with van der Waals surface area (Å²) in [5.74, 6) is -0.443. The average Bonchev–Trinajstić information content (AvgIpc) is 2.29. The Morgan fingerprint density at radius 3 is 3.00 bits per heavy atom. The summed E-state index contributed by atoms with van der Waals surface area (Å²) in [7, 11) is 0. The van der Waals surface area contributed by atoms with Crippen molar-refractivity contribution in [2.45, 2.75) is 6.92 Å². The van der Waals surface area contributed by atoms with Crippen LogP contribution in [0, 0.1) is 0 Å². The first-order valence-electron chi connectivity index (χ1n) is 4.94. The molecule has 0 N–H and O–H groups in total. The Morgan fingerprint density at radius 1 is 1.44 bits per heavy atom. The third-order valence-corrected chi connectivity index (χ3v) is 2.52. The molecule has 0 amide bonds. The summed E-state index contributed by atoms with van der Waals surface area (Å²) in [5, 5.41) is 2.03. The van der Waals surface area contributed by atoms with E-state index in [0.29, 0.717) is 17.0 Å². The van der Waals surface area contributed by atoms with Crippen molar-refractivity contribution in [1.29, 1.82) is 0 Å². The molecule has 3 nitrogen and oxygen atoms in total. The van der Waals surface area contributed by atoms with Gasteiger partial charge in [0.15, 0.2) is 5.69 Å². The molecule has 0 aliphatic carbocycles. The molecule has 4 heteroatoms. The molecule has 1 heterocycles. The maximum absolute atomic E-state index is 11.7. The van der Waals surface area contributed by atoms with E-state index in [4.69, 9.17) is 16.3 Å². The highest BCUT2D eigenvalue weighted by atomic mass is 35.5. The van der Waals surface area contributed by atoms with E-state index in [9.17, 15) is 4.79 Å². The number of hydrogen-bond acceptors (Lipinski definition) is 3. The van der Waals surface area contributed by atoms with Crippen molar-refractivity contribution in [1.82, 2.24) is 4.98 Å². The highest BCUT2D eigenvalue weighted by molar-refractivity contribution is 6.36. The minimum atomic E-state index is -0.443. The minimum Gasteiger partial charge on any atom is -0.461 e. The molecule has 82 valence electrons. The first kappa shape index (κ1) is 10.9. The van der Waals surface area contributed by atoms with Crippen LogP contribution in [0.15, 0.2) is 30.5 Å². The number of esters is 1. The number of ether oxygens (including phenoxy) is 1. The van der Waals surface area contributed by atoms with Gasteiger partial charge in [-0.3, -0.25) is 0 Å². The summed E-state index contributed by atoms with van der Waals surface area (Å²) in [4.78, 5) is 15.7. The summed E-state index contributed by atoms with van der Waals surface area (Å²) < 4.78 is 4.93. The average molecular weight is 236 g/mol. The standard InChI is InChI=1S/C12H10ClNO2/c1-2-16-12(15)11-10-8(6-7-14-11)4-3-5-9(10)13/h3-7H,2H2,1H3. The highest BCUT2D eigenvalue weighted by Gasteiger charge is 2.14. The molecule has 2 aromatic rings. The number of fused-ring (bicyclic) bond motifs is 1. The molecular formula is C12H10ClNO2. The fourth-order valence-corrected chi connectivity index (χ4v) is 1.81. The molecule has 0 saturated heterocycles. The summed E-state index contributed by atoms with van der Waals surface area (Å²) >= 11 is 6.06. The van der Waals surface area contributed by atoms with Gasteiger partial charge < -0.3 is 4.74 Å². The fourth-order valence-electron chi connectivity index (χ4n) is 1.54. The number of nitrogens with zero attached hydrogens (tertiary/aromatic N) is 1. The smallest absolute Gasteiger partial charge is 0.357 e. The van der Waals surface area contributed by atoms with Crippen molar-refractivity contribution >= 4 is 28.3 Å². The van der Waals surface area contributed by atoms with Crippen LogP contribution in [0.4, 0.5) is 0 Å². The van der Waals surface area contributed by atoms with Crippen LogP contribution >= 0.6 is 11.6 Å². The van der Waals surface area contributed by atoms with Crippen LogP contribution in [0.3, 0.4) is 0 Å². The normalized spacial score (nSPS) is 10.4. The maximum Gasteiger partial charge on any atom is 0.357 e. The molecule has 1 aromatic carbocycles. The molecule has 16 heavy (non-hydrogen) atoms. The summed E-state index contributed by atoms with van der Waals surface area (Å²) in [6, 6.07) is 7.25.